The Balaban J connectivity index is 1.60. The van der Waals surface area contributed by atoms with Crippen molar-refractivity contribution in [3.63, 3.8) is 0 Å². The lowest BCUT2D eigenvalue weighted by atomic mass is 9.73. The molecule has 8 heteroatoms. The lowest BCUT2D eigenvalue weighted by Gasteiger charge is -2.31. The van der Waals surface area contributed by atoms with E-state index in [-0.39, 0.29) is 0 Å². The Morgan fingerprint density at radius 1 is 0.475 bits per heavy atom. The smallest absolute Gasteiger partial charge is 0.426 e. The number of fused-ring (bicyclic) bond motifs is 2. The average Bonchev–Trinajstić information content (AvgIpc) is 2.95. The number of rotatable bonds is 10. The fraction of sp³-hybridized carbons (Fsp3) is 0.188. The van der Waals surface area contributed by atoms with Crippen LogP contribution in [0.2, 0.25) is 0 Å². The van der Waals surface area contributed by atoms with Crippen LogP contribution in [0.4, 0.5) is 0 Å². The first-order valence-corrected chi connectivity index (χ1v) is 13.5. The van der Waals surface area contributed by atoms with Gasteiger partial charge in [0.05, 0.1) is 11.9 Å². The van der Waals surface area contributed by atoms with Crippen LogP contribution in [0.25, 0.3) is 21.5 Å². The Morgan fingerprint density at radius 3 is 1.02 bits per heavy atom. The van der Waals surface area contributed by atoms with E-state index < -0.39 is 26.1 Å². The molecule has 0 saturated carbocycles. The first-order valence-electron chi connectivity index (χ1n) is 13.5. The van der Waals surface area contributed by atoms with Crippen LogP contribution in [0.15, 0.2) is 109 Å². The van der Waals surface area contributed by atoms with Gasteiger partial charge in [-0.25, -0.2) is 0 Å². The number of hydrogen-bond donors (Lipinski definition) is 4. The predicted octanol–water partition coefficient (Wildman–Crippen LogP) is 4.36. The van der Waals surface area contributed by atoms with E-state index in [1.807, 2.05) is 109 Å². The van der Waals surface area contributed by atoms with Crippen molar-refractivity contribution in [2.24, 2.45) is 0 Å². The summed E-state index contributed by atoms with van der Waals surface area (Å²) in [7, 11) is 0.737. The molecule has 5 aromatic carbocycles. The van der Waals surface area contributed by atoms with Crippen LogP contribution in [-0.2, 0) is 13.1 Å². The molecule has 202 valence electrons. The van der Waals surface area contributed by atoms with Gasteiger partial charge < -0.3 is 20.1 Å². The third kappa shape index (κ3) is 5.69. The van der Waals surface area contributed by atoms with Crippen LogP contribution < -0.4 is 0 Å². The van der Waals surface area contributed by atoms with Crippen molar-refractivity contribution in [2.75, 3.05) is 14.1 Å². The maximum Gasteiger partial charge on any atom is 0.474 e. The second-order valence-corrected chi connectivity index (χ2v) is 10.4. The molecule has 0 aliphatic rings. The summed E-state index contributed by atoms with van der Waals surface area (Å²) >= 11 is 0. The monoisotopic (exact) mass is 532 g/mol. The highest BCUT2D eigenvalue weighted by Gasteiger charge is 2.32. The molecule has 40 heavy (non-hydrogen) atoms. The van der Waals surface area contributed by atoms with Crippen LogP contribution in [-0.4, -0.2) is 58.2 Å². The van der Waals surface area contributed by atoms with Gasteiger partial charge in [0.1, 0.15) is 0 Å². The third-order valence-corrected chi connectivity index (χ3v) is 7.77. The normalized spacial score (nSPS) is 13.2. The molecule has 6 nitrogen and oxygen atoms in total. The number of benzene rings is 5. The summed E-state index contributed by atoms with van der Waals surface area (Å²) < 4.78 is 0. The van der Waals surface area contributed by atoms with Crippen LogP contribution >= 0.6 is 0 Å². The highest BCUT2D eigenvalue weighted by atomic mass is 16.4. The quantitative estimate of drug-likeness (QED) is 0.158. The maximum atomic E-state index is 10.3. The van der Waals surface area contributed by atoms with Crippen molar-refractivity contribution in [1.29, 1.82) is 0 Å². The van der Waals surface area contributed by atoms with Gasteiger partial charge in [0.25, 0.3) is 0 Å². The van der Waals surface area contributed by atoms with Crippen molar-refractivity contribution < 1.29 is 20.1 Å². The van der Waals surface area contributed by atoms with E-state index in [4.69, 9.17) is 0 Å². The van der Waals surface area contributed by atoms with Gasteiger partial charge in [0.15, 0.2) is 0 Å². The molecule has 0 saturated heterocycles. The van der Waals surface area contributed by atoms with E-state index in [0.29, 0.717) is 13.1 Å². The lowest BCUT2D eigenvalue weighted by Crippen LogP contribution is -2.37. The molecular formula is C32H34B2N2O4. The minimum atomic E-state index is -1.54. The van der Waals surface area contributed by atoms with E-state index >= 15 is 0 Å². The molecule has 0 aliphatic carbocycles. The Labute approximate surface area is 236 Å². The standard InChI is InChI=1S/C32H34B2N2O4/c1-35(31(33(37)38)23-13-5-3-6-14-23)21-29-25-17-9-11-19-27(25)30(28-20-12-10-18-26(28)29)22-36(2)32(34(39)40)24-15-7-4-8-16-24/h3-20,31-32,37-40H,21-22H2,1-2H3. The molecule has 5 rings (SSSR count). The fourth-order valence-corrected chi connectivity index (χ4v) is 5.95. The summed E-state index contributed by atoms with van der Waals surface area (Å²) in [5.74, 6) is -1.19. The summed E-state index contributed by atoms with van der Waals surface area (Å²) in [5, 5.41) is 45.7. The third-order valence-electron chi connectivity index (χ3n) is 7.77. The molecule has 0 spiro atoms. The average molecular weight is 532 g/mol. The summed E-state index contributed by atoms with van der Waals surface area (Å²) in [4.78, 5) is 3.96. The van der Waals surface area contributed by atoms with E-state index in [1.165, 1.54) is 0 Å². The molecule has 2 unspecified atom stereocenters. The molecule has 5 aromatic rings. The fourth-order valence-electron chi connectivity index (χ4n) is 5.95. The summed E-state index contributed by atoms with van der Waals surface area (Å²) in [6, 6.07) is 35.6. The highest BCUT2D eigenvalue weighted by Crippen LogP contribution is 2.36. The molecule has 0 bridgehead atoms. The Morgan fingerprint density at radius 2 is 0.750 bits per heavy atom. The first kappa shape index (κ1) is 28.1. The summed E-state index contributed by atoms with van der Waals surface area (Å²) in [6.45, 7) is 0.993. The lowest BCUT2D eigenvalue weighted by molar-refractivity contribution is 0.244. The number of hydrogen-bond acceptors (Lipinski definition) is 6. The van der Waals surface area contributed by atoms with E-state index in [9.17, 15) is 20.1 Å². The minimum absolute atomic E-state index is 0.496. The minimum Gasteiger partial charge on any atom is -0.426 e. The Kier molecular flexibility index (Phi) is 8.66. The maximum absolute atomic E-state index is 10.3. The predicted molar refractivity (Wildman–Crippen MR) is 163 cm³/mol. The topological polar surface area (TPSA) is 87.4 Å². The summed E-state index contributed by atoms with van der Waals surface area (Å²) in [5.41, 5.74) is 3.87. The van der Waals surface area contributed by atoms with E-state index in [1.54, 1.807) is 0 Å². The molecule has 0 fully saturated rings. The van der Waals surface area contributed by atoms with Crippen LogP contribution in [0.5, 0.6) is 0 Å². The molecule has 2 atom stereocenters. The van der Waals surface area contributed by atoms with Crippen LogP contribution in [0.3, 0.4) is 0 Å². The second kappa shape index (κ2) is 12.4. The van der Waals surface area contributed by atoms with Gasteiger partial charge in [-0.2, -0.15) is 0 Å². The van der Waals surface area contributed by atoms with Gasteiger partial charge in [-0.05, 0) is 57.9 Å². The Bertz CT molecular complexity index is 1390. The van der Waals surface area contributed by atoms with Gasteiger partial charge in [-0.1, -0.05) is 109 Å². The largest absolute Gasteiger partial charge is 0.474 e. The number of nitrogens with zero attached hydrogens (tertiary/aromatic N) is 2. The van der Waals surface area contributed by atoms with Gasteiger partial charge in [0, 0.05) is 13.1 Å². The summed E-state index contributed by atoms with van der Waals surface area (Å²) in [6.07, 6.45) is 0. The van der Waals surface area contributed by atoms with E-state index in [2.05, 4.69) is 24.3 Å². The highest BCUT2D eigenvalue weighted by molar-refractivity contribution is 6.43. The molecule has 0 amide bonds. The van der Waals surface area contributed by atoms with Gasteiger partial charge in [-0.3, -0.25) is 9.80 Å². The molecule has 0 heterocycles. The molecular weight excluding hydrogens is 498 g/mol. The zero-order valence-electron chi connectivity index (χ0n) is 22.8. The van der Waals surface area contributed by atoms with Crippen molar-refractivity contribution in [3.8, 4) is 0 Å². The van der Waals surface area contributed by atoms with Crippen LogP contribution in [0.1, 0.15) is 34.1 Å². The second-order valence-electron chi connectivity index (χ2n) is 10.4. The van der Waals surface area contributed by atoms with Crippen molar-refractivity contribution in [2.45, 2.75) is 25.0 Å². The van der Waals surface area contributed by atoms with E-state index in [0.717, 1.165) is 43.8 Å². The zero-order valence-corrected chi connectivity index (χ0v) is 22.8. The molecule has 0 radical (unpaired) electrons. The van der Waals surface area contributed by atoms with Gasteiger partial charge in [0.2, 0.25) is 0 Å². The molecule has 4 N–H and O–H groups in total. The van der Waals surface area contributed by atoms with Crippen LogP contribution in [0, 0.1) is 0 Å². The van der Waals surface area contributed by atoms with Crippen molar-refractivity contribution in [3.05, 3.63) is 131 Å². The SMILES string of the molecule is CN(Cc1c2ccccc2c(CN(C)C(B(O)O)c2ccccc2)c2ccccc12)C(B(O)O)c1ccccc1. The Hall–Kier alpha value is -3.49. The van der Waals surface area contributed by atoms with Gasteiger partial charge >= 0.3 is 14.2 Å². The van der Waals surface area contributed by atoms with Crippen molar-refractivity contribution >= 4 is 35.8 Å². The first-order chi connectivity index (χ1) is 19.4. The molecule has 0 aromatic heterocycles. The van der Waals surface area contributed by atoms with Gasteiger partial charge in [-0.15, -0.1) is 0 Å². The zero-order chi connectivity index (χ0) is 28.2. The van der Waals surface area contributed by atoms with Crippen molar-refractivity contribution in [1.82, 2.24) is 9.80 Å². The molecule has 0 aliphatic heterocycles.